The highest BCUT2D eigenvalue weighted by molar-refractivity contribution is 6.55. The van der Waals surface area contributed by atoms with E-state index in [1.807, 2.05) is 4.90 Å². The van der Waals surface area contributed by atoms with Gasteiger partial charge < -0.3 is 0 Å². The number of likely N-dealkylation sites (tertiary alicyclic amines) is 1. The van der Waals surface area contributed by atoms with Crippen LogP contribution in [-0.4, -0.2) is 41.3 Å². The van der Waals surface area contributed by atoms with Crippen LogP contribution in [0.15, 0.2) is 47.5 Å². The first-order valence-electron chi connectivity index (χ1n) is 8.52. The zero-order valence-corrected chi connectivity index (χ0v) is 15.4. The normalized spacial score (nSPS) is 22.1. The van der Waals surface area contributed by atoms with Crippen molar-refractivity contribution in [1.29, 1.82) is 0 Å². The molecular weight excluding hydrogens is 371 g/mol. The molecule has 1 fully saturated rings. The van der Waals surface area contributed by atoms with Crippen LogP contribution in [0.25, 0.3) is 0 Å². The zero-order valence-electron chi connectivity index (χ0n) is 13.9. The summed E-state index contributed by atoms with van der Waals surface area (Å²) >= 11 is 12.0. The minimum atomic E-state index is -0.644. The molecule has 4 rings (SSSR count). The number of hydrogen-bond donors (Lipinski definition) is 0. The smallest absolute Gasteiger partial charge is 0.210 e. The Bertz CT molecular complexity index is 933. The summed E-state index contributed by atoms with van der Waals surface area (Å²) in [5, 5.41) is 0.782. The van der Waals surface area contributed by atoms with E-state index >= 15 is 0 Å². The molecule has 2 aliphatic rings. The fourth-order valence-electron chi connectivity index (χ4n) is 3.57. The van der Waals surface area contributed by atoms with Crippen LogP contribution in [0, 0.1) is 0 Å². The van der Waals surface area contributed by atoms with Gasteiger partial charge in [-0.2, -0.15) is 0 Å². The molecule has 132 valence electrons. The minimum absolute atomic E-state index is 0.0686. The molecule has 0 spiro atoms. The standard InChI is InChI=1S/C20H16Cl2N2O2/c21-15-8-7-12(11-16(15)22)23-17-18(24-9-3-4-10-24)20(26)14-6-2-1-5-13(14)19(17)25/h1-2,5-8,11,18H,3-4,9-10H2. The Balaban J connectivity index is 1.86. The van der Waals surface area contributed by atoms with Gasteiger partial charge in [-0.15, -0.1) is 0 Å². The summed E-state index contributed by atoms with van der Waals surface area (Å²) < 4.78 is 0. The average Bonchev–Trinajstić information content (AvgIpc) is 3.17. The highest BCUT2D eigenvalue weighted by Gasteiger charge is 2.42. The van der Waals surface area contributed by atoms with E-state index in [0.717, 1.165) is 25.9 Å². The molecule has 1 aliphatic carbocycles. The van der Waals surface area contributed by atoms with Crippen molar-refractivity contribution in [2.75, 3.05) is 13.1 Å². The third-order valence-corrected chi connectivity index (χ3v) is 5.57. The van der Waals surface area contributed by atoms with E-state index in [4.69, 9.17) is 23.2 Å². The number of hydrogen-bond acceptors (Lipinski definition) is 4. The van der Waals surface area contributed by atoms with Crippen molar-refractivity contribution < 1.29 is 9.59 Å². The molecule has 1 aliphatic heterocycles. The van der Waals surface area contributed by atoms with Crippen molar-refractivity contribution in [2.45, 2.75) is 18.9 Å². The molecule has 4 nitrogen and oxygen atoms in total. The Morgan fingerprint density at radius 1 is 0.923 bits per heavy atom. The summed E-state index contributed by atoms with van der Waals surface area (Å²) in [5.41, 5.74) is 1.65. The highest BCUT2D eigenvalue weighted by atomic mass is 35.5. The van der Waals surface area contributed by atoms with Gasteiger partial charge in [0.1, 0.15) is 11.8 Å². The van der Waals surface area contributed by atoms with Crippen LogP contribution in [0.3, 0.4) is 0 Å². The molecule has 0 saturated carbocycles. The maximum Gasteiger partial charge on any atom is 0.210 e. The number of fused-ring (bicyclic) bond motifs is 1. The maximum absolute atomic E-state index is 13.1. The Kier molecular flexibility index (Phi) is 4.65. The second-order valence-electron chi connectivity index (χ2n) is 6.48. The zero-order chi connectivity index (χ0) is 18.3. The van der Waals surface area contributed by atoms with E-state index in [1.165, 1.54) is 0 Å². The van der Waals surface area contributed by atoms with Crippen LogP contribution in [0.2, 0.25) is 10.0 Å². The van der Waals surface area contributed by atoms with Gasteiger partial charge in [0.15, 0.2) is 5.78 Å². The van der Waals surface area contributed by atoms with E-state index in [1.54, 1.807) is 42.5 Å². The number of benzene rings is 2. The number of nitrogens with zero attached hydrogens (tertiary/aromatic N) is 2. The Morgan fingerprint density at radius 2 is 1.62 bits per heavy atom. The van der Waals surface area contributed by atoms with Crippen LogP contribution in [0.5, 0.6) is 0 Å². The third kappa shape index (κ3) is 2.98. The molecule has 0 N–H and O–H groups in total. The maximum atomic E-state index is 13.1. The van der Waals surface area contributed by atoms with Gasteiger partial charge in [0.2, 0.25) is 5.78 Å². The summed E-state index contributed by atoms with van der Waals surface area (Å²) in [6.07, 6.45) is 2.03. The topological polar surface area (TPSA) is 49.7 Å². The van der Waals surface area contributed by atoms with Crippen LogP contribution in [0.1, 0.15) is 33.6 Å². The van der Waals surface area contributed by atoms with E-state index in [9.17, 15) is 9.59 Å². The number of rotatable bonds is 2. The molecule has 2 aromatic rings. The molecule has 1 heterocycles. The molecular formula is C20H16Cl2N2O2. The molecule has 1 atom stereocenters. The number of carbonyl (C=O) groups is 2. The van der Waals surface area contributed by atoms with Gasteiger partial charge in [0.05, 0.1) is 15.7 Å². The van der Waals surface area contributed by atoms with Gasteiger partial charge in [-0.3, -0.25) is 14.5 Å². The first-order valence-corrected chi connectivity index (χ1v) is 9.27. The molecule has 0 aromatic heterocycles. The number of aliphatic imine (C=N–C) groups is 1. The second kappa shape index (κ2) is 6.95. The lowest BCUT2D eigenvalue weighted by atomic mass is 9.83. The number of carbonyl (C=O) groups excluding carboxylic acids is 2. The molecule has 0 bridgehead atoms. The number of Topliss-reactive ketones (excluding diaryl/α,β-unsaturated/α-hetero) is 2. The predicted molar refractivity (Wildman–Crippen MR) is 103 cm³/mol. The second-order valence-corrected chi connectivity index (χ2v) is 7.29. The fraction of sp³-hybridized carbons (Fsp3) is 0.250. The summed E-state index contributed by atoms with van der Waals surface area (Å²) in [4.78, 5) is 32.9. The quantitative estimate of drug-likeness (QED) is 0.756. The van der Waals surface area contributed by atoms with Gasteiger partial charge in [0.25, 0.3) is 0 Å². The van der Waals surface area contributed by atoms with Gasteiger partial charge in [-0.25, -0.2) is 4.99 Å². The molecule has 0 radical (unpaired) electrons. The van der Waals surface area contributed by atoms with Crippen molar-refractivity contribution in [3.8, 4) is 0 Å². The molecule has 6 heteroatoms. The van der Waals surface area contributed by atoms with Crippen molar-refractivity contribution in [3.63, 3.8) is 0 Å². The van der Waals surface area contributed by atoms with Gasteiger partial charge >= 0.3 is 0 Å². The summed E-state index contributed by atoms with van der Waals surface area (Å²) in [6.45, 7) is 1.57. The Hall–Kier alpha value is -2.01. The van der Waals surface area contributed by atoms with Crippen molar-refractivity contribution in [1.82, 2.24) is 4.90 Å². The molecule has 1 saturated heterocycles. The summed E-state index contributed by atoms with van der Waals surface area (Å²) in [7, 11) is 0. The first-order chi connectivity index (χ1) is 12.6. The van der Waals surface area contributed by atoms with Crippen LogP contribution in [0.4, 0.5) is 5.69 Å². The largest absolute Gasteiger partial charge is 0.292 e. The molecule has 2 aromatic carbocycles. The lowest BCUT2D eigenvalue weighted by Crippen LogP contribution is -2.51. The Labute approximate surface area is 161 Å². The average molecular weight is 387 g/mol. The SMILES string of the molecule is O=C1C(=Nc2ccc(Cl)c(Cl)c2)C(N2CCCC2)C(=O)c2ccccc21. The van der Waals surface area contributed by atoms with Crippen molar-refractivity contribution >= 4 is 46.2 Å². The van der Waals surface area contributed by atoms with E-state index in [-0.39, 0.29) is 17.3 Å². The van der Waals surface area contributed by atoms with Crippen molar-refractivity contribution in [3.05, 3.63) is 63.6 Å². The Morgan fingerprint density at radius 3 is 2.31 bits per heavy atom. The van der Waals surface area contributed by atoms with Crippen LogP contribution in [-0.2, 0) is 0 Å². The summed E-state index contributed by atoms with van der Waals surface area (Å²) in [5.74, 6) is -0.274. The van der Waals surface area contributed by atoms with E-state index in [2.05, 4.69) is 4.99 Å². The molecule has 26 heavy (non-hydrogen) atoms. The molecule has 1 unspecified atom stereocenters. The van der Waals surface area contributed by atoms with Gasteiger partial charge in [0, 0.05) is 11.1 Å². The third-order valence-electron chi connectivity index (χ3n) is 4.84. The van der Waals surface area contributed by atoms with Crippen molar-refractivity contribution in [2.24, 2.45) is 4.99 Å². The van der Waals surface area contributed by atoms with Crippen LogP contribution >= 0.6 is 23.2 Å². The minimum Gasteiger partial charge on any atom is -0.292 e. The number of ketones is 2. The van der Waals surface area contributed by atoms with E-state index in [0.29, 0.717) is 26.9 Å². The van der Waals surface area contributed by atoms with Gasteiger partial charge in [-0.05, 0) is 44.1 Å². The van der Waals surface area contributed by atoms with Crippen LogP contribution < -0.4 is 0 Å². The lowest BCUT2D eigenvalue weighted by Gasteiger charge is -2.31. The summed E-state index contributed by atoms with van der Waals surface area (Å²) in [6, 6.07) is 11.2. The highest BCUT2D eigenvalue weighted by Crippen LogP contribution is 2.30. The van der Waals surface area contributed by atoms with E-state index < -0.39 is 6.04 Å². The van der Waals surface area contributed by atoms with Gasteiger partial charge in [-0.1, -0.05) is 47.5 Å². The monoisotopic (exact) mass is 386 g/mol. The first kappa shape index (κ1) is 17.4. The number of halogens is 2. The fourth-order valence-corrected chi connectivity index (χ4v) is 3.87. The predicted octanol–water partition coefficient (Wildman–Crippen LogP) is 4.61. The molecule has 0 amide bonds. The lowest BCUT2D eigenvalue weighted by molar-refractivity contribution is 0.0873.